The zero-order valence-electron chi connectivity index (χ0n) is 11.5. The SMILES string of the molecule is Cc1cc(F)ccc1Oc1ccc(C(F)(F)F)cc1C(=N)N. The van der Waals surface area contributed by atoms with Gasteiger partial charge in [0.1, 0.15) is 23.2 Å². The highest BCUT2D eigenvalue weighted by molar-refractivity contribution is 5.98. The largest absolute Gasteiger partial charge is 0.456 e. The van der Waals surface area contributed by atoms with Crippen LogP contribution in [0.25, 0.3) is 0 Å². The first-order valence-corrected chi connectivity index (χ1v) is 6.18. The summed E-state index contributed by atoms with van der Waals surface area (Å²) in [7, 11) is 0. The monoisotopic (exact) mass is 312 g/mol. The van der Waals surface area contributed by atoms with Crippen LogP contribution in [0.5, 0.6) is 11.5 Å². The summed E-state index contributed by atoms with van der Waals surface area (Å²) in [6.45, 7) is 1.59. The summed E-state index contributed by atoms with van der Waals surface area (Å²) >= 11 is 0. The lowest BCUT2D eigenvalue weighted by Gasteiger charge is -2.14. The van der Waals surface area contributed by atoms with Gasteiger partial charge >= 0.3 is 6.18 Å². The van der Waals surface area contributed by atoms with Crippen LogP contribution in [0.4, 0.5) is 17.6 Å². The summed E-state index contributed by atoms with van der Waals surface area (Å²) in [5.74, 6) is -0.746. The molecule has 0 unspecified atom stereocenters. The molecular weight excluding hydrogens is 300 g/mol. The van der Waals surface area contributed by atoms with Crippen LogP contribution in [0, 0.1) is 18.2 Å². The lowest BCUT2D eigenvalue weighted by atomic mass is 10.1. The second kappa shape index (κ2) is 5.67. The van der Waals surface area contributed by atoms with Gasteiger partial charge in [0.25, 0.3) is 0 Å². The van der Waals surface area contributed by atoms with Crippen molar-refractivity contribution in [1.82, 2.24) is 0 Å². The van der Waals surface area contributed by atoms with Crippen LogP contribution < -0.4 is 10.5 Å². The molecule has 0 spiro atoms. The minimum Gasteiger partial charge on any atom is -0.456 e. The first-order valence-electron chi connectivity index (χ1n) is 6.18. The van der Waals surface area contributed by atoms with Gasteiger partial charge in [-0.2, -0.15) is 13.2 Å². The minimum atomic E-state index is -4.55. The van der Waals surface area contributed by atoms with Crippen LogP contribution in [0.1, 0.15) is 16.7 Å². The molecule has 2 rings (SSSR count). The van der Waals surface area contributed by atoms with Crippen molar-refractivity contribution in [3.05, 3.63) is 58.9 Å². The number of aryl methyl sites for hydroxylation is 1. The molecule has 0 fully saturated rings. The fourth-order valence-corrected chi connectivity index (χ4v) is 1.85. The molecule has 2 aromatic carbocycles. The summed E-state index contributed by atoms with van der Waals surface area (Å²) in [5.41, 5.74) is 4.67. The van der Waals surface area contributed by atoms with Gasteiger partial charge in [-0.1, -0.05) is 0 Å². The number of nitrogen functional groups attached to an aromatic ring is 1. The molecule has 3 N–H and O–H groups in total. The standard InChI is InChI=1S/C15H12F4N2O/c1-8-6-10(16)3-5-12(8)22-13-4-2-9(15(17,18)19)7-11(13)14(20)21/h2-7H,1H3,(H3,20,21). The number of halogens is 4. The Kier molecular flexibility index (Phi) is 4.07. The summed E-state index contributed by atoms with van der Waals surface area (Å²) in [5, 5.41) is 7.40. The maximum Gasteiger partial charge on any atom is 0.416 e. The predicted molar refractivity (Wildman–Crippen MR) is 73.7 cm³/mol. The number of nitrogens with one attached hydrogen (secondary N) is 1. The number of alkyl halides is 3. The molecule has 0 aromatic heterocycles. The molecule has 0 aliphatic heterocycles. The summed E-state index contributed by atoms with van der Waals surface area (Å²) in [6, 6.07) is 6.42. The lowest BCUT2D eigenvalue weighted by Crippen LogP contribution is -2.15. The zero-order chi connectivity index (χ0) is 16.5. The van der Waals surface area contributed by atoms with Crippen molar-refractivity contribution in [3.63, 3.8) is 0 Å². The van der Waals surface area contributed by atoms with Crippen molar-refractivity contribution >= 4 is 5.84 Å². The van der Waals surface area contributed by atoms with E-state index in [0.29, 0.717) is 5.56 Å². The highest BCUT2D eigenvalue weighted by Crippen LogP contribution is 2.34. The minimum absolute atomic E-state index is 0.00444. The Morgan fingerprint density at radius 1 is 1.09 bits per heavy atom. The second-order valence-electron chi connectivity index (χ2n) is 4.63. The molecular formula is C15H12F4N2O. The van der Waals surface area contributed by atoms with Crippen LogP contribution in [0.3, 0.4) is 0 Å². The quantitative estimate of drug-likeness (QED) is 0.506. The highest BCUT2D eigenvalue weighted by atomic mass is 19.4. The van der Waals surface area contributed by atoms with Gasteiger partial charge in [-0.25, -0.2) is 4.39 Å². The van der Waals surface area contributed by atoms with Crippen LogP contribution in [0.2, 0.25) is 0 Å². The van der Waals surface area contributed by atoms with E-state index in [1.54, 1.807) is 6.92 Å². The summed E-state index contributed by atoms with van der Waals surface area (Å²) in [4.78, 5) is 0. The predicted octanol–water partition coefficient (Wildman–Crippen LogP) is 4.23. The Balaban J connectivity index is 2.44. The van der Waals surface area contributed by atoms with Gasteiger partial charge in [-0.05, 0) is 48.9 Å². The molecule has 0 bridgehead atoms. The van der Waals surface area contributed by atoms with Crippen molar-refractivity contribution < 1.29 is 22.3 Å². The van der Waals surface area contributed by atoms with E-state index in [9.17, 15) is 17.6 Å². The number of hydrogen-bond donors (Lipinski definition) is 2. The Morgan fingerprint density at radius 2 is 1.73 bits per heavy atom. The van der Waals surface area contributed by atoms with Crippen molar-refractivity contribution in [2.45, 2.75) is 13.1 Å². The lowest BCUT2D eigenvalue weighted by molar-refractivity contribution is -0.137. The second-order valence-corrected chi connectivity index (χ2v) is 4.63. The molecule has 0 heterocycles. The fraction of sp³-hybridized carbons (Fsp3) is 0.133. The molecule has 0 amide bonds. The number of amidine groups is 1. The van der Waals surface area contributed by atoms with Gasteiger partial charge in [-0.3, -0.25) is 5.41 Å². The first-order chi connectivity index (χ1) is 10.2. The molecule has 0 saturated heterocycles. The molecule has 116 valence electrons. The Labute approximate surface area is 123 Å². The summed E-state index contributed by atoms with van der Waals surface area (Å²) in [6.07, 6.45) is -4.55. The average molecular weight is 312 g/mol. The van der Waals surface area contributed by atoms with E-state index >= 15 is 0 Å². The molecule has 0 aliphatic rings. The van der Waals surface area contributed by atoms with E-state index < -0.39 is 23.4 Å². The summed E-state index contributed by atoms with van der Waals surface area (Å²) < 4.78 is 56.6. The Hall–Kier alpha value is -2.57. The van der Waals surface area contributed by atoms with Crippen molar-refractivity contribution in [3.8, 4) is 11.5 Å². The van der Waals surface area contributed by atoms with Crippen molar-refractivity contribution in [1.29, 1.82) is 5.41 Å². The third kappa shape index (κ3) is 3.36. The maximum absolute atomic E-state index is 13.0. The number of nitrogens with two attached hydrogens (primary N) is 1. The molecule has 7 heteroatoms. The molecule has 0 aliphatic carbocycles. The third-order valence-corrected chi connectivity index (χ3v) is 2.95. The third-order valence-electron chi connectivity index (χ3n) is 2.95. The van der Waals surface area contributed by atoms with E-state index in [-0.39, 0.29) is 17.1 Å². The van der Waals surface area contributed by atoms with E-state index in [4.69, 9.17) is 15.9 Å². The van der Waals surface area contributed by atoms with Gasteiger partial charge in [0.2, 0.25) is 0 Å². The van der Waals surface area contributed by atoms with Crippen LogP contribution in [0.15, 0.2) is 36.4 Å². The van der Waals surface area contributed by atoms with E-state index in [0.717, 1.165) is 18.2 Å². The molecule has 0 saturated carbocycles. The normalized spacial score (nSPS) is 11.3. The number of hydrogen-bond acceptors (Lipinski definition) is 2. The van der Waals surface area contributed by atoms with E-state index in [1.165, 1.54) is 18.2 Å². The molecule has 0 radical (unpaired) electrons. The van der Waals surface area contributed by atoms with Gasteiger partial charge in [0.05, 0.1) is 11.1 Å². The first kappa shape index (κ1) is 15.8. The Bertz CT molecular complexity index is 726. The number of benzene rings is 2. The van der Waals surface area contributed by atoms with Gasteiger partial charge in [0, 0.05) is 0 Å². The maximum atomic E-state index is 13.0. The van der Waals surface area contributed by atoms with Crippen LogP contribution >= 0.6 is 0 Å². The fourth-order valence-electron chi connectivity index (χ4n) is 1.85. The number of ether oxygens (including phenoxy) is 1. The Morgan fingerprint density at radius 3 is 2.27 bits per heavy atom. The van der Waals surface area contributed by atoms with Crippen molar-refractivity contribution in [2.75, 3.05) is 0 Å². The van der Waals surface area contributed by atoms with Crippen LogP contribution in [-0.4, -0.2) is 5.84 Å². The smallest absolute Gasteiger partial charge is 0.416 e. The van der Waals surface area contributed by atoms with Crippen LogP contribution in [-0.2, 0) is 6.18 Å². The molecule has 3 nitrogen and oxygen atoms in total. The average Bonchev–Trinajstić information content (AvgIpc) is 2.40. The molecule has 22 heavy (non-hydrogen) atoms. The van der Waals surface area contributed by atoms with E-state index in [1.807, 2.05) is 0 Å². The van der Waals surface area contributed by atoms with E-state index in [2.05, 4.69) is 0 Å². The van der Waals surface area contributed by atoms with Gasteiger partial charge < -0.3 is 10.5 Å². The van der Waals surface area contributed by atoms with Crippen molar-refractivity contribution in [2.24, 2.45) is 5.73 Å². The zero-order valence-corrected chi connectivity index (χ0v) is 11.5. The van der Waals surface area contributed by atoms with Gasteiger partial charge in [-0.15, -0.1) is 0 Å². The molecule has 2 aromatic rings. The molecule has 0 atom stereocenters. The highest BCUT2D eigenvalue weighted by Gasteiger charge is 2.31. The number of rotatable bonds is 3. The van der Waals surface area contributed by atoms with Gasteiger partial charge in [0.15, 0.2) is 0 Å². The topological polar surface area (TPSA) is 59.1 Å².